The Hall–Kier alpha value is -1.36. The number of carbonyl (C=O) groups excluding carboxylic acids is 1. The van der Waals surface area contributed by atoms with Gasteiger partial charge in [-0.25, -0.2) is 4.98 Å². The molecule has 1 aromatic heterocycles. The molecule has 1 amide bonds. The number of rotatable bonds is 6. The third-order valence-electron chi connectivity index (χ3n) is 3.71. The molecule has 0 atom stereocenters. The Morgan fingerprint density at radius 2 is 2.00 bits per heavy atom. The second-order valence-electron chi connectivity index (χ2n) is 5.78. The number of nitrogens with zero attached hydrogens (tertiary/aromatic N) is 2. The Morgan fingerprint density at radius 1 is 1.28 bits per heavy atom. The van der Waals surface area contributed by atoms with Crippen LogP contribution in [0.25, 0.3) is 0 Å². The van der Waals surface area contributed by atoms with E-state index in [2.05, 4.69) is 48.2 Å². The number of thioether (sulfide) groups is 1. The zero-order valence-electron chi connectivity index (χ0n) is 13.3. The van der Waals surface area contributed by atoms with Gasteiger partial charge in [-0.15, -0.1) is 11.8 Å². The molecule has 1 saturated carbocycles. The van der Waals surface area contributed by atoms with Crippen molar-refractivity contribution in [2.75, 3.05) is 11.1 Å². The third kappa shape index (κ3) is 5.30. The zero-order valence-corrected chi connectivity index (χ0v) is 17.2. The van der Waals surface area contributed by atoms with Crippen LogP contribution in [0.3, 0.4) is 0 Å². The van der Waals surface area contributed by atoms with Gasteiger partial charge in [-0.1, -0.05) is 31.9 Å². The van der Waals surface area contributed by atoms with Gasteiger partial charge >= 0.3 is 0 Å². The fraction of sp³-hybridized carbons (Fsp3) is 0.278. The molecule has 128 valence electrons. The minimum Gasteiger partial charge on any atom is -0.326 e. The number of pyridine rings is 1. The minimum atomic E-state index is -0.0608. The lowest BCUT2D eigenvalue weighted by molar-refractivity contribution is -0.115. The number of benzene rings is 1. The highest BCUT2D eigenvalue weighted by atomic mass is 79.9. The van der Waals surface area contributed by atoms with Crippen molar-refractivity contribution in [3.05, 3.63) is 50.5 Å². The van der Waals surface area contributed by atoms with Crippen LogP contribution in [-0.2, 0) is 4.79 Å². The SMILES string of the molecule is N#Cc1ccc(C2CC2)nc1SCCC(=O)Nc1cc(Br)cc(Br)c1. The van der Waals surface area contributed by atoms with Gasteiger partial charge in [-0.05, 0) is 43.2 Å². The van der Waals surface area contributed by atoms with E-state index < -0.39 is 0 Å². The van der Waals surface area contributed by atoms with E-state index in [4.69, 9.17) is 0 Å². The monoisotopic (exact) mass is 479 g/mol. The van der Waals surface area contributed by atoms with Crippen LogP contribution in [0, 0.1) is 11.3 Å². The van der Waals surface area contributed by atoms with E-state index in [1.165, 1.54) is 24.6 Å². The maximum absolute atomic E-state index is 12.1. The van der Waals surface area contributed by atoms with Crippen LogP contribution in [0.15, 0.2) is 44.3 Å². The molecule has 2 aromatic rings. The molecule has 3 rings (SSSR count). The van der Waals surface area contributed by atoms with Crippen LogP contribution in [0.5, 0.6) is 0 Å². The van der Waals surface area contributed by atoms with E-state index in [0.717, 1.165) is 25.4 Å². The molecule has 1 aromatic carbocycles. The highest BCUT2D eigenvalue weighted by Gasteiger charge is 2.25. The number of hydrogen-bond acceptors (Lipinski definition) is 4. The first-order chi connectivity index (χ1) is 12.0. The summed E-state index contributed by atoms with van der Waals surface area (Å²) in [4.78, 5) is 16.7. The maximum atomic E-state index is 12.1. The Labute approximate surface area is 167 Å². The van der Waals surface area contributed by atoms with E-state index in [1.54, 1.807) is 0 Å². The molecular weight excluding hydrogens is 466 g/mol. The molecular formula is C18H15Br2N3OS. The third-order valence-corrected chi connectivity index (χ3v) is 5.62. The molecule has 0 saturated heterocycles. The lowest BCUT2D eigenvalue weighted by atomic mass is 10.2. The number of hydrogen-bond donors (Lipinski definition) is 1. The normalized spacial score (nSPS) is 13.3. The Balaban J connectivity index is 1.56. The summed E-state index contributed by atoms with van der Waals surface area (Å²) < 4.78 is 1.79. The lowest BCUT2D eigenvalue weighted by Gasteiger charge is -2.08. The smallest absolute Gasteiger partial charge is 0.225 e. The number of anilines is 1. The molecule has 4 nitrogen and oxygen atoms in total. The molecule has 0 unspecified atom stereocenters. The molecule has 1 heterocycles. The number of nitriles is 1. The molecule has 0 bridgehead atoms. The number of aromatic nitrogens is 1. The van der Waals surface area contributed by atoms with Gasteiger partial charge in [0.05, 0.1) is 5.56 Å². The van der Waals surface area contributed by atoms with Gasteiger partial charge in [0.2, 0.25) is 5.91 Å². The van der Waals surface area contributed by atoms with Crippen molar-refractivity contribution in [1.29, 1.82) is 5.26 Å². The summed E-state index contributed by atoms with van der Waals surface area (Å²) in [5.74, 6) is 1.07. The highest BCUT2D eigenvalue weighted by Crippen LogP contribution is 2.40. The lowest BCUT2D eigenvalue weighted by Crippen LogP contribution is -2.12. The zero-order chi connectivity index (χ0) is 17.8. The summed E-state index contributed by atoms with van der Waals surface area (Å²) in [6.45, 7) is 0. The van der Waals surface area contributed by atoms with Gasteiger partial charge in [-0.2, -0.15) is 5.26 Å². The van der Waals surface area contributed by atoms with Crippen LogP contribution in [0.1, 0.15) is 36.4 Å². The molecule has 25 heavy (non-hydrogen) atoms. The fourth-order valence-electron chi connectivity index (χ4n) is 2.35. The van der Waals surface area contributed by atoms with Crippen LogP contribution in [-0.4, -0.2) is 16.6 Å². The average Bonchev–Trinajstić information content (AvgIpc) is 3.38. The first-order valence-electron chi connectivity index (χ1n) is 7.85. The van der Waals surface area contributed by atoms with E-state index in [1.807, 2.05) is 30.3 Å². The van der Waals surface area contributed by atoms with Gasteiger partial charge in [0, 0.05) is 38.4 Å². The van der Waals surface area contributed by atoms with E-state index in [-0.39, 0.29) is 5.91 Å². The van der Waals surface area contributed by atoms with E-state index in [9.17, 15) is 10.1 Å². The largest absolute Gasteiger partial charge is 0.326 e. The topological polar surface area (TPSA) is 65.8 Å². The average molecular weight is 481 g/mol. The summed E-state index contributed by atoms with van der Waals surface area (Å²) in [6.07, 6.45) is 2.70. The first kappa shape index (κ1) is 18.4. The number of amides is 1. The highest BCUT2D eigenvalue weighted by molar-refractivity contribution is 9.11. The minimum absolute atomic E-state index is 0.0608. The van der Waals surface area contributed by atoms with E-state index >= 15 is 0 Å². The maximum Gasteiger partial charge on any atom is 0.225 e. The standard InChI is InChI=1S/C18H15Br2N3OS/c19-13-7-14(20)9-15(8-13)22-17(24)5-6-25-18-12(10-21)3-4-16(23-18)11-1-2-11/h3-4,7-9,11H,1-2,5-6H2,(H,22,24). The predicted molar refractivity (Wildman–Crippen MR) is 107 cm³/mol. The molecule has 0 radical (unpaired) electrons. The summed E-state index contributed by atoms with van der Waals surface area (Å²) in [6, 6.07) is 11.6. The van der Waals surface area contributed by atoms with Crippen molar-refractivity contribution >= 4 is 55.2 Å². The number of carbonyl (C=O) groups is 1. The molecule has 1 aliphatic rings. The predicted octanol–water partition coefficient (Wildman–Crippen LogP) is 5.48. The van der Waals surface area contributed by atoms with Crippen LogP contribution in [0.4, 0.5) is 5.69 Å². The van der Waals surface area contributed by atoms with Gasteiger partial charge in [0.15, 0.2) is 0 Å². The Kier molecular flexibility index (Phi) is 6.15. The van der Waals surface area contributed by atoms with E-state index in [0.29, 0.717) is 23.7 Å². The molecule has 0 aliphatic heterocycles. The van der Waals surface area contributed by atoms with Gasteiger partial charge in [0.1, 0.15) is 11.1 Å². The van der Waals surface area contributed by atoms with Crippen LogP contribution < -0.4 is 5.32 Å². The van der Waals surface area contributed by atoms with Gasteiger partial charge in [-0.3, -0.25) is 4.79 Å². The van der Waals surface area contributed by atoms with Crippen LogP contribution >= 0.6 is 43.6 Å². The van der Waals surface area contributed by atoms with Crippen molar-refractivity contribution in [2.24, 2.45) is 0 Å². The van der Waals surface area contributed by atoms with Gasteiger partial charge < -0.3 is 5.32 Å². The molecule has 1 fully saturated rings. The second-order valence-corrected chi connectivity index (χ2v) is 8.69. The molecule has 7 heteroatoms. The van der Waals surface area contributed by atoms with Crippen LogP contribution in [0.2, 0.25) is 0 Å². The number of halogens is 2. The summed E-state index contributed by atoms with van der Waals surface area (Å²) in [5.41, 5.74) is 2.37. The molecule has 1 aliphatic carbocycles. The summed E-state index contributed by atoms with van der Waals surface area (Å²) >= 11 is 8.27. The van der Waals surface area contributed by atoms with Crippen molar-refractivity contribution in [3.63, 3.8) is 0 Å². The Bertz CT molecular complexity index is 826. The molecule has 0 spiro atoms. The van der Waals surface area contributed by atoms with Crippen molar-refractivity contribution < 1.29 is 4.79 Å². The summed E-state index contributed by atoms with van der Waals surface area (Å²) in [7, 11) is 0. The summed E-state index contributed by atoms with van der Waals surface area (Å²) in [5, 5.41) is 12.8. The Morgan fingerprint density at radius 3 is 2.64 bits per heavy atom. The molecule has 1 N–H and O–H groups in total. The van der Waals surface area contributed by atoms with Crippen molar-refractivity contribution in [2.45, 2.75) is 30.2 Å². The quantitative estimate of drug-likeness (QED) is 0.556. The fourth-order valence-corrected chi connectivity index (χ4v) is 4.56. The first-order valence-corrected chi connectivity index (χ1v) is 10.4. The van der Waals surface area contributed by atoms with Crippen molar-refractivity contribution in [1.82, 2.24) is 4.98 Å². The van der Waals surface area contributed by atoms with Crippen molar-refractivity contribution in [3.8, 4) is 6.07 Å². The second kappa shape index (κ2) is 8.35. The van der Waals surface area contributed by atoms with Gasteiger partial charge in [0.25, 0.3) is 0 Å². The number of nitrogens with one attached hydrogen (secondary N) is 1.